The predicted octanol–water partition coefficient (Wildman–Crippen LogP) is 5.37. The Morgan fingerprint density at radius 1 is 0.800 bits per heavy atom. The summed E-state index contributed by atoms with van der Waals surface area (Å²) in [6.45, 7) is 0. The van der Waals surface area contributed by atoms with Gasteiger partial charge in [0, 0.05) is 23.9 Å². The van der Waals surface area contributed by atoms with Gasteiger partial charge in [0.1, 0.15) is 11.6 Å². The Kier molecular flexibility index (Phi) is 6.53. The maximum Gasteiger partial charge on any atom is 0.169 e. The zero-order valence-corrected chi connectivity index (χ0v) is 19.2. The molecule has 0 radical (unpaired) electrons. The second-order valence-electron chi connectivity index (χ2n) is 8.77. The van der Waals surface area contributed by atoms with E-state index in [-0.39, 0.29) is 17.5 Å². The lowest BCUT2D eigenvalue weighted by molar-refractivity contribution is 0.0946. The number of ketones is 1. The molecule has 0 fully saturated rings. The highest BCUT2D eigenvalue weighted by atomic mass is 19.1. The highest BCUT2D eigenvalue weighted by Crippen LogP contribution is 2.27. The summed E-state index contributed by atoms with van der Waals surface area (Å²) in [4.78, 5) is 12.9. The number of hydrogen-bond acceptors (Lipinski definition) is 2. The molecular weight excluding hydrogens is 440 g/mol. The minimum atomic E-state index is -0.397. The Morgan fingerprint density at radius 2 is 1.57 bits per heavy atom. The van der Waals surface area contributed by atoms with Crippen molar-refractivity contribution < 1.29 is 13.6 Å². The first-order valence-electron chi connectivity index (χ1n) is 11.8. The summed E-state index contributed by atoms with van der Waals surface area (Å²) < 4.78 is 27.4. The van der Waals surface area contributed by atoms with Crippen LogP contribution in [0.15, 0.2) is 91.3 Å². The molecule has 2 nitrogen and oxygen atoms in total. The van der Waals surface area contributed by atoms with Crippen molar-refractivity contribution in [2.24, 2.45) is 5.92 Å². The Morgan fingerprint density at radius 3 is 2.37 bits per heavy atom. The molecule has 0 saturated carbocycles. The topological polar surface area (TPSA) is 29.1 Å². The molecule has 0 aromatic heterocycles. The van der Waals surface area contributed by atoms with Crippen LogP contribution < -0.4 is 15.8 Å². The maximum atomic E-state index is 13.8. The van der Waals surface area contributed by atoms with E-state index in [1.807, 2.05) is 48.8 Å². The van der Waals surface area contributed by atoms with Gasteiger partial charge in [-0.2, -0.15) is 0 Å². The fourth-order valence-corrected chi connectivity index (χ4v) is 4.80. The third kappa shape index (κ3) is 4.92. The SMILES string of the molecule is C1=CC=CNC=C1.O=C(c1cccc(F)c1)C1C=c2c(ccc3c2=CCc2ccc(F)cc2-3)CC1. The van der Waals surface area contributed by atoms with Crippen molar-refractivity contribution in [1.29, 1.82) is 0 Å². The van der Waals surface area contributed by atoms with Gasteiger partial charge in [0.15, 0.2) is 5.78 Å². The molecule has 0 amide bonds. The molecule has 3 aromatic rings. The third-order valence-corrected chi connectivity index (χ3v) is 6.52. The molecular formula is C31H25F2NO. The molecule has 35 heavy (non-hydrogen) atoms. The van der Waals surface area contributed by atoms with Crippen molar-refractivity contribution >= 4 is 17.9 Å². The van der Waals surface area contributed by atoms with Gasteiger partial charge in [-0.15, -0.1) is 0 Å². The number of halogens is 2. The molecule has 1 heterocycles. The average Bonchev–Trinajstić information content (AvgIpc) is 3.21. The molecule has 0 spiro atoms. The van der Waals surface area contributed by atoms with Crippen molar-refractivity contribution in [3.63, 3.8) is 0 Å². The summed E-state index contributed by atoms with van der Waals surface area (Å²) >= 11 is 0. The number of aryl methyl sites for hydroxylation is 1. The number of benzene rings is 3. The average molecular weight is 466 g/mol. The summed E-state index contributed by atoms with van der Waals surface area (Å²) in [6, 6.07) is 15.0. The molecule has 3 aliphatic rings. The van der Waals surface area contributed by atoms with E-state index in [0.29, 0.717) is 12.0 Å². The molecule has 174 valence electrons. The molecule has 4 heteroatoms. The van der Waals surface area contributed by atoms with Gasteiger partial charge in [-0.05, 0) is 88.4 Å². The Hall–Kier alpha value is -4.05. The lowest BCUT2D eigenvalue weighted by Crippen LogP contribution is -2.37. The number of rotatable bonds is 2. The van der Waals surface area contributed by atoms with Crippen molar-refractivity contribution in [2.45, 2.75) is 19.3 Å². The standard InChI is InChI=1S/C25H18F2O.C6H7N/c26-19-3-1-2-17(12-19)25(28)18-5-4-15-7-11-22-21(23(15)13-18)10-8-16-6-9-20(27)14-24(16)22;1-2-4-6-7-5-3-1/h1-3,6-7,9-14,18H,4-5,8H2;1-7H. The van der Waals surface area contributed by atoms with Crippen LogP contribution in [0.3, 0.4) is 0 Å². The summed E-state index contributed by atoms with van der Waals surface area (Å²) in [5, 5.41) is 5.06. The van der Waals surface area contributed by atoms with Crippen molar-refractivity contribution in [2.75, 3.05) is 0 Å². The van der Waals surface area contributed by atoms with Crippen molar-refractivity contribution in [3.05, 3.63) is 130 Å². The van der Waals surface area contributed by atoms with E-state index >= 15 is 0 Å². The summed E-state index contributed by atoms with van der Waals surface area (Å²) in [7, 11) is 0. The highest BCUT2D eigenvalue weighted by molar-refractivity contribution is 6.01. The first-order chi connectivity index (χ1) is 17.1. The van der Waals surface area contributed by atoms with E-state index < -0.39 is 5.82 Å². The van der Waals surface area contributed by atoms with Crippen molar-refractivity contribution in [1.82, 2.24) is 5.32 Å². The number of fused-ring (bicyclic) bond motifs is 5. The van der Waals surface area contributed by atoms with Gasteiger partial charge in [-0.25, -0.2) is 8.78 Å². The van der Waals surface area contributed by atoms with Crippen LogP contribution in [0.5, 0.6) is 0 Å². The minimum Gasteiger partial charge on any atom is -0.368 e. The van der Waals surface area contributed by atoms with Crippen molar-refractivity contribution in [3.8, 4) is 11.1 Å². The van der Waals surface area contributed by atoms with E-state index in [9.17, 15) is 13.6 Å². The Bertz CT molecular complexity index is 1480. The zero-order chi connectivity index (χ0) is 24.2. The molecule has 1 aliphatic heterocycles. The van der Waals surface area contributed by atoms with Crippen LogP contribution in [0, 0.1) is 17.6 Å². The van der Waals surface area contributed by atoms with E-state index in [4.69, 9.17) is 0 Å². The first kappa shape index (κ1) is 22.7. The number of nitrogens with one attached hydrogen (secondary N) is 1. The number of carbonyl (C=O) groups is 1. The van der Waals surface area contributed by atoms with Gasteiger partial charge >= 0.3 is 0 Å². The highest BCUT2D eigenvalue weighted by Gasteiger charge is 2.23. The van der Waals surface area contributed by atoms with Crippen LogP contribution in [-0.2, 0) is 12.8 Å². The van der Waals surface area contributed by atoms with Crippen LogP contribution in [0.2, 0.25) is 0 Å². The Balaban J connectivity index is 0.000000313. The molecule has 0 bridgehead atoms. The molecule has 6 rings (SSSR count). The molecule has 1 unspecified atom stereocenters. The van der Waals surface area contributed by atoms with Gasteiger partial charge in [0.2, 0.25) is 0 Å². The third-order valence-electron chi connectivity index (χ3n) is 6.52. The molecule has 2 aliphatic carbocycles. The van der Waals surface area contributed by atoms with Gasteiger partial charge in [0.05, 0.1) is 0 Å². The lowest BCUT2D eigenvalue weighted by atomic mass is 9.82. The monoisotopic (exact) mass is 465 g/mol. The van der Waals surface area contributed by atoms with Gasteiger partial charge < -0.3 is 5.32 Å². The van der Waals surface area contributed by atoms with Crippen LogP contribution >= 0.6 is 0 Å². The van der Waals surface area contributed by atoms with Gasteiger partial charge in [-0.1, -0.05) is 54.6 Å². The van der Waals surface area contributed by atoms with E-state index in [1.54, 1.807) is 18.2 Å². The first-order valence-corrected chi connectivity index (χ1v) is 11.8. The molecule has 0 saturated heterocycles. The molecule has 1 atom stereocenters. The normalized spacial score (nSPS) is 16.7. The fraction of sp³-hybridized carbons (Fsp3) is 0.129. The summed E-state index contributed by atoms with van der Waals surface area (Å²) in [5.74, 6) is -0.966. The number of hydrogen-bond donors (Lipinski definition) is 1. The van der Waals surface area contributed by atoms with Crippen LogP contribution in [0.1, 0.15) is 27.9 Å². The van der Waals surface area contributed by atoms with E-state index in [0.717, 1.165) is 40.0 Å². The summed E-state index contributed by atoms with van der Waals surface area (Å²) in [5.41, 5.74) is 4.66. The molecule has 1 N–H and O–H groups in total. The van der Waals surface area contributed by atoms with Crippen LogP contribution in [-0.4, -0.2) is 5.78 Å². The molecule has 3 aromatic carbocycles. The second-order valence-corrected chi connectivity index (χ2v) is 8.77. The zero-order valence-electron chi connectivity index (χ0n) is 19.2. The summed E-state index contributed by atoms with van der Waals surface area (Å²) in [6.07, 6.45) is 18.0. The quantitative estimate of drug-likeness (QED) is 0.516. The lowest BCUT2D eigenvalue weighted by Gasteiger charge is -2.21. The van der Waals surface area contributed by atoms with E-state index in [1.165, 1.54) is 23.8 Å². The predicted molar refractivity (Wildman–Crippen MR) is 137 cm³/mol. The number of carbonyl (C=O) groups excluding carboxylic acids is 1. The number of allylic oxidation sites excluding steroid dienone is 4. The minimum absolute atomic E-state index is 0.0509. The van der Waals surface area contributed by atoms with E-state index in [2.05, 4.69) is 23.5 Å². The smallest absolute Gasteiger partial charge is 0.169 e. The Labute approximate surface area is 203 Å². The number of Topliss-reactive ketones (excluding diaryl/α,β-unsaturated/α-hetero) is 1. The largest absolute Gasteiger partial charge is 0.368 e. The van der Waals surface area contributed by atoms with Crippen LogP contribution in [0.4, 0.5) is 8.78 Å². The maximum absolute atomic E-state index is 13.8. The second kappa shape index (κ2) is 10.1. The fourth-order valence-electron chi connectivity index (χ4n) is 4.80. The van der Waals surface area contributed by atoms with Gasteiger partial charge in [0.25, 0.3) is 0 Å². The van der Waals surface area contributed by atoms with Crippen LogP contribution in [0.25, 0.3) is 23.3 Å². The van der Waals surface area contributed by atoms with Gasteiger partial charge in [-0.3, -0.25) is 4.79 Å².